The Morgan fingerprint density at radius 3 is 3.11 bits per heavy atom. The number of amides is 1. The maximum Gasteiger partial charge on any atom is 0.256 e. The van der Waals surface area contributed by atoms with Crippen molar-refractivity contribution < 1.29 is 4.79 Å². The SMILES string of the molecule is CCn1cc(NC(=O)c2cccc3[nH]ccc23)cn1. The summed E-state index contributed by atoms with van der Waals surface area (Å²) in [6.07, 6.45) is 5.30. The number of hydrogen-bond acceptors (Lipinski definition) is 2. The van der Waals surface area contributed by atoms with Crippen LogP contribution in [-0.4, -0.2) is 20.7 Å². The highest BCUT2D eigenvalue weighted by Crippen LogP contribution is 2.18. The molecule has 0 atom stereocenters. The number of aryl methyl sites for hydroxylation is 1. The van der Waals surface area contributed by atoms with E-state index in [2.05, 4.69) is 15.4 Å². The second-order valence-electron chi connectivity index (χ2n) is 4.28. The highest BCUT2D eigenvalue weighted by atomic mass is 16.1. The van der Waals surface area contributed by atoms with Gasteiger partial charge in [0.2, 0.25) is 0 Å². The standard InChI is InChI=1S/C14H14N4O/c1-2-18-9-10(8-16-18)17-14(19)12-4-3-5-13-11(12)6-7-15-13/h3-9,15H,2H2,1H3,(H,17,19). The first kappa shape index (κ1) is 11.5. The fourth-order valence-electron chi connectivity index (χ4n) is 2.08. The highest BCUT2D eigenvalue weighted by molar-refractivity contribution is 6.12. The quantitative estimate of drug-likeness (QED) is 0.754. The lowest BCUT2D eigenvalue weighted by molar-refractivity contribution is 0.102. The zero-order chi connectivity index (χ0) is 13.2. The second kappa shape index (κ2) is 4.61. The van der Waals surface area contributed by atoms with Gasteiger partial charge in [0.05, 0.1) is 11.9 Å². The third kappa shape index (κ3) is 2.10. The number of benzene rings is 1. The van der Waals surface area contributed by atoms with Gasteiger partial charge in [-0.2, -0.15) is 5.10 Å². The molecule has 2 N–H and O–H groups in total. The Labute approximate surface area is 110 Å². The molecule has 0 aliphatic rings. The van der Waals surface area contributed by atoms with Crippen molar-refractivity contribution in [2.24, 2.45) is 0 Å². The van der Waals surface area contributed by atoms with Crippen LogP contribution in [0.3, 0.4) is 0 Å². The van der Waals surface area contributed by atoms with E-state index < -0.39 is 0 Å². The molecular formula is C14H14N4O. The summed E-state index contributed by atoms with van der Waals surface area (Å²) in [5.41, 5.74) is 2.32. The van der Waals surface area contributed by atoms with Gasteiger partial charge in [0.1, 0.15) is 0 Å². The van der Waals surface area contributed by atoms with Crippen molar-refractivity contribution in [2.45, 2.75) is 13.5 Å². The van der Waals surface area contributed by atoms with E-state index in [1.165, 1.54) is 0 Å². The Kier molecular flexibility index (Phi) is 2.79. The van der Waals surface area contributed by atoms with E-state index >= 15 is 0 Å². The van der Waals surface area contributed by atoms with Crippen LogP contribution in [-0.2, 0) is 6.54 Å². The Morgan fingerprint density at radius 2 is 2.32 bits per heavy atom. The van der Waals surface area contributed by atoms with Crippen LogP contribution in [0.4, 0.5) is 5.69 Å². The predicted molar refractivity (Wildman–Crippen MR) is 74.2 cm³/mol. The summed E-state index contributed by atoms with van der Waals surface area (Å²) in [6.45, 7) is 2.78. The minimum Gasteiger partial charge on any atom is -0.361 e. The number of aromatic amines is 1. The zero-order valence-electron chi connectivity index (χ0n) is 10.6. The van der Waals surface area contributed by atoms with Crippen molar-refractivity contribution in [3.8, 4) is 0 Å². The Bertz CT molecular complexity index is 726. The van der Waals surface area contributed by atoms with Gasteiger partial charge < -0.3 is 10.3 Å². The number of nitrogens with zero attached hydrogens (tertiary/aromatic N) is 2. The van der Waals surface area contributed by atoms with Gasteiger partial charge in [0.15, 0.2) is 0 Å². The van der Waals surface area contributed by atoms with Crippen LogP contribution in [0.25, 0.3) is 10.9 Å². The predicted octanol–water partition coefficient (Wildman–Crippen LogP) is 2.64. The van der Waals surface area contributed by atoms with Crippen LogP contribution in [0.5, 0.6) is 0 Å². The Hall–Kier alpha value is -2.56. The van der Waals surface area contributed by atoms with Crippen molar-refractivity contribution in [1.29, 1.82) is 0 Å². The third-order valence-electron chi connectivity index (χ3n) is 3.05. The lowest BCUT2D eigenvalue weighted by Gasteiger charge is -2.03. The van der Waals surface area contributed by atoms with E-state index in [-0.39, 0.29) is 5.91 Å². The molecule has 0 aliphatic carbocycles. The van der Waals surface area contributed by atoms with Crippen molar-refractivity contribution in [2.75, 3.05) is 5.32 Å². The molecule has 0 unspecified atom stereocenters. The minimum atomic E-state index is -0.124. The molecule has 0 aliphatic heterocycles. The molecule has 2 aromatic heterocycles. The van der Waals surface area contributed by atoms with Crippen LogP contribution < -0.4 is 5.32 Å². The zero-order valence-corrected chi connectivity index (χ0v) is 10.6. The molecule has 2 heterocycles. The van der Waals surface area contributed by atoms with Gasteiger partial charge in [0, 0.05) is 35.4 Å². The summed E-state index contributed by atoms with van der Waals surface area (Å²) in [6, 6.07) is 7.53. The number of hydrogen-bond donors (Lipinski definition) is 2. The maximum absolute atomic E-state index is 12.3. The maximum atomic E-state index is 12.3. The Morgan fingerprint density at radius 1 is 1.42 bits per heavy atom. The molecule has 0 spiro atoms. The molecule has 1 amide bonds. The fraction of sp³-hybridized carbons (Fsp3) is 0.143. The van der Waals surface area contributed by atoms with Gasteiger partial charge in [-0.25, -0.2) is 0 Å². The van der Waals surface area contributed by atoms with Crippen molar-refractivity contribution in [3.63, 3.8) is 0 Å². The number of carbonyl (C=O) groups excluding carboxylic acids is 1. The monoisotopic (exact) mass is 254 g/mol. The van der Waals surface area contributed by atoms with Crippen molar-refractivity contribution in [1.82, 2.24) is 14.8 Å². The van der Waals surface area contributed by atoms with Crippen LogP contribution in [0, 0.1) is 0 Å². The summed E-state index contributed by atoms with van der Waals surface area (Å²) in [7, 11) is 0. The molecule has 5 heteroatoms. The van der Waals surface area contributed by atoms with Gasteiger partial charge in [0.25, 0.3) is 5.91 Å². The minimum absolute atomic E-state index is 0.124. The number of carbonyl (C=O) groups is 1. The van der Waals surface area contributed by atoms with E-state index in [1.807, 2.05) is 43.6 Å². The van der Waals surface area contributed by atoms with Crippen molar-refractivity contribution in [3.05, 3.63) is 48.4 Å². The third-order valence-corrected chi connectivity index (χ3v) is 3.05. The van der Waals surface area contributed by atoms with E-state index in [9.17, 15) is 4.79 Å². The smallest absolute Gasteiger partial charge is 0.256 e. The summed E-state index contributed by atoms with van der Waals surface area (Å²) >= 11 is 0. The van der Waals surface area contributed by atoms with E-state index in [0.29, 0.717) is 11.3 Å². The Balaban J connectivity index is 1.89. The molecule has 0 saturated carbocycles. The number of nitrogens with one attached hydrogen (secondary N) is 2. The van der Waals surface area contributed by atoms with Gasteiger partial charge in [-0.1, -0.05) is 6.07 Å². The van der Waals surface area contributed by atoms with E-state index in [4.69, 9.17) is 0 Å². The second-order valence-corrected chi connectivity index (χ2v) is 4.28. The van der Waals surface area contributed by atoms with Gasteiger partial charge >= 0.3 is 0 Å². The van der Waals surface area contributed by atoms with E-state index in [1.54, 1.807) is 10.9 Å². The largest absolute Gasteiger partial charge is 0.361 e. The molecule has 0 saturated heterocycles. The lowest BCUT2D eigenvalue weighted by atomic mass is 10.1. The van der Waals surface area contributed by atoms with Crippen LogP contribution in [0.15, 0.2) is 42.9 Å². The average molecular weight is 254 g/mol. The normalized spacial score (nSPS) is 10.8. The number of H-pyrrole nitrogens is 1. The number of aromatic nitrogens is 3. The summed E-state index contributed by atoms with van der Waals surface area (Å²) in [4.78, 5) is 15.4. The molecule has 0 bridgehead atoms. The van der Waals surface area contributed by atoms with E-state index in [0.717, 1.165) is 17.4 Å². The van der Waals surface area contributed by atoms with Crippen molar-refractivity contribution >= 4 is 22.5 Å². The summed E-state index contributed by atoms with van der Waals surface area (Å²) in [5, 5.41) is 7.91. The average Bonchev–Trinajstić information content (AvgIpc) is 3.05. The molecule has 3 rings (SSSR count). The molecule has 3 aromatic rings. The molecule has 96 valence electrons. The number of fused-ring (bicyclic) bond motifs is 1. The molecule has 5 nitrogen and oxygen atoms in total. The molecule has 1 aromatic carbocycles. The fourth-order valence-corrected chi connectivity index (χ4v) is 2.08. The molecule has 0 fully saturated rings. The lowest BCUT2D eigenvalue weighted by Crippen LogP contribution is -2.11. The first-order chi connectivity index (χ1) is 9.28. The summed E-state index contributed by atoms with van der Waals surface area (Å²) in [5.74, 6) is -0.124. The summed E-state index contributed by atoms with van der Waals surface area (Å²) < 4.78 is 1.77. The molecule has 0 radical (unpaired) electrons. The van der Waals surface area contributed by atoms with Gasteiger partial charge in [-0.15, -0.1) is 0 Å². The first-order valence-electron chi connectivity index (χ1n) is 6.18. The van der Waals surface area contributed by atoms with Crippen LogP contribution in [0.1, 0.15) is 17.3 Å². The highest BCUT2D eigenvalue weighted by Gasteiger charge is 2.11. The van der Waals surface area contributed by atoms with Crippen LogP contribution >= 0.6 is 0 Å². The first-order valence-corrected chi connectivity index (χ1v) is 6.18. The van der Waals surface area contributed by atoms with Gasteiger partial charge in [-0.05, 0) is 25.1 Å². The van der Waals surface area contributed by atoms with Crippen LogP contribution in [0.2, 0.25) is 0 Å². The number of rotatable bonds is 3. The molecular weight excluding hydrogens is 240 g/mol. The molecule has 19 heavy (non-hydrogen) atoms. The number of anilines is 1. The topological polar surface area (TPSA) is 62.7 Å². The van der Waals surface area contributed by atoms with Gasteiger partial charge in [-0.3, -0.25) is 9.48 Å².